The molecule has 1 aliphatic heterocycles. The van der Waals surface area contributed by atoms with Crippen molar-refractivity contribution in [2.24, 2.45) is 0 Å². The Bertz CT molecular complexity index is 960. The van der Waals surface area contributed by atoms with Crippen LogP contribution in [0.15, 0.2) is 54.6 Å². The van der Waals surface area contributed by atoms with E-state index >= 15 is 0 Å². The van der Waals surface area contributed by atoms with Gasteiger partial charge < -0.3 is 9.47 Å². The molecule has 1 saturated heterocycles. The minimum Gasteiger partial charge on any atom is -0.446 e. The number of alkyl halides is 6. The lowest BCUT2D eigenvalue weighted by molar-refractivity contribution is -0.226. The van der Waals surface area contributed by atoms with E-state index in [9.17, 15) is 35.9 Å². The molecule has 0 radical (unpaired) electrons. The van der Waals surface area contributed by atoms with Crippen LogP contribution in [0.1, 0.15) is 35.6 Å². The summed E-state index contributed by atoms with van der Waals surface area (Å²) in [4.78, 5) is 25.9. The van der Waals surface area contributed by atoms with Crippen LogP contribution in [0.5, 0.6) is 0 Å². The van der Waals surface area contributed by atoms with Gasteiger partial charge in [-0.25, -0.2) is 9.59 Å². The lowest BCUT2D eigenvalue weighted by Gasteiger charge is -2.26. The van der Waals surface area contributed by atoms with E-state index < -0.39 is 47.7 Å². The zero-order valence-corrected chi connectivity index (χ0v) is 17.0. The summed E-state index contributed by atoms with van der Waals surface area (Å²) in [5.41, 5.74) is -1.12. The van der Waals surface area contributed by atoms with Gasteiger partial charge in [-0.15, -0.1) is 0 Å². The van der Waals surface area contributed by atoms with E-state index in [1.807, 2.05) is 0 Å². The minimum atomic E-state index is -5.08. The lowest BCUT2D eigenvalue weighted by atomic mass is 10.1. The average molecular weight is 475 g/mol. The van der Waals surface area contributed by atoms with Crippen molar-refractivity contribution in [3.8, 4) is 0 Å². The molecule has 178 valence electrons. The Labute approximate surface area is 184 Å². The van der Waals surface area contributed by atoms with Gasteiger partial charge in [0, 0.05) is 12.1 Å². The average Bonchev–Trinajstić information content (AvgIpc) is 3.25. The van der Waals surface area contributed by atoms with Crippen LogP contribution in [0.2, 0.25) is 0 Å². The first-order chi connectivity index (χ1) is 15.5. The highest BCUT2D eigenvalue weighted by molar-refractivity contribution is 5.82. The van der Waals surface area contributed by atoms with Gasteiger partial charge in [0.15, 0.2) is 0 Å². The molecule has 2 aromatic rings. The summed E-state index contributed by atoms with van der Waals surface area (Å²) in [6.45, 7) is -0.000967. The molecular weight excluding hydrogens is 456 g/mol. The van der Waals surface area contributed by atoms with Gasteiger partial charge in [0.05, 0.1) is 5.56 Å². The topological polar surface area (TPSA) is 55.8 Å². The van der Waals surface area contributed by atoms with Crippen LogP contribution in [-0.4, -0.2) is 35.7 Å². The molecule has 1 amide bonds. The van der Waals surface area contributed by atoms with E-state index in [0.29, 0.717) is 36.2 Å². The number of benzene rings is 2. The van der Waals surface area contributed by atoms with Gasteiger partial charge in [0.1, 0.15) is 12.6 Å². The second-order valence-electron chi connectivity index (χ2n) is 7.37. The highest BCUT2D eigenvalue weighted by Crippen LogP contribution is 2.38. The fourth-order valence-electron chi connectivity index (χ4n) is 3.40. The van der Waals surface area contributed by atoms with Crippen LogP contribution in [0, 0.1) is 0 Å². The van der Waals surface area contributed by atoms with Gasteiger partial charge in [-0.2, -0.15) is 26.3 Å². The molecule has 2 aromatic carbocycles. The highest BCUT2D eigenvalue weighted by atomic mass is 19.4. The van der Waals surface area contributed by atoms with E-state index in [1.54, 1.807) is 30.3 Å². The van der Waals surface area contributed by atoms with Crippen molar-refractivity contribution < 1.29 is 45.4 Å². The number of halogens is 6. The van der Waals surface area contributed by atoms with Crippen molar-refractivity contribution in [1.82, 2.24) is 4.90 Å². The quantitative estimate of drug-likeness (QED) is 0.414. The van der Waals surface area contributed by atoms with E-state index in [4.69, 9.17) is 4.74 Å². The van der Waals surface area contributed by atoms with Crippen molar-refractivity contribution >= 4 is 12.1 Å². The van der Waals surface area contributed by atoms with Gasteiger partial charge in [0.25, 0.3) is 0 Å². The number of hydrogen-bond acceptors (Lipinski definition) is 4. The van der Waals surface area contributed by atoms with E-state index in [-0.39, 0.29) is 19.6 Å². The number of carbonyl (C=O) groups is 2. The van der Waals surface area contributed by atoms with Crippen LogP contribution in [0.3, 0.4) is 0 Å². The zero-order valence-electron chi connectivity index (χ0n) is 17.0. The summed E-state index contributed by atoms with van der Waals surface area (Å²) in [5.74, 6) is -1.31. The van der Waals surface area contributed by atoms with Crippen molar-refractivity contribution in [3.05, 3.63) is 71.3 Å². The standard InChI is InChI=1S/C22H19F6NO4/c23-21(24,25)16-10-8-15(9-11-16)18(22(26,27)28)33-19(30)17-7-4-12-29(17)20(31)32-13-14-5-2-1-3-6-14/h1-3,5-6,8-11,17-18H,4,7,12-13H2/t17?,18-/m0/s1. The maximum absolute atomic E-state index is 13.5. The Kier molecular flexibility index (Phi) is 7.19. The number of rotatable bonds is 5. The maximum Gasteiger partial charge on any atom is 0.429 e. The third-order valence-corrected chi connectivity index (χ3v) is 5.04. The monoisotopic (exact) mass is 475 g/mol. The SMILES string of the molecule is O=C(O[C@@H](c1ccc(C(F)(F)F)cc1)C(F)(F)F)C1CCCN1C(=O)OCc1ccccc1. The Morgan fingerprint density at radius 1 is 0.970 bits per heavy atom. The minimum absolute atomic E-state index is 0.0663. The summed E-state index contributed by atoms with van der Waals surface area (Å²) in [7, 11) is 0. The van der Waals surface area contributed by atoms with Crippen LogP contribution in [-0.2, 0) is 27.1 Å². The molecule has 0 spiro atoms. The van der Waals surface area contributed by atoms with Crippen molar-refractivity contribution in [3.63, 3.8) is 0 Å². The van der Waals surface area contributed by atoms with Gasteiger partial charge in [-0.1, -0.05) is 42.5 Å². The molecule has 0 saturated carbocycles. The molecule has 0 N–H and O–H groups in total. The molecule has 11 heteroatoms. The Morgan fingerprint density at radius 3 is 2.18 bits per heavy atom. The summed E-state index contributed by atoms with van der Waals surface area (Å²) in [5, 5.41) is 0. The Balaban J connectivity index is 1.70. The second-order valence-corrected chi connectivity index (χ2v) is 7.37. The normalized spacial score (nSPS) is 17.5. The summed E-state index contributed by atoms with van der Waals surface area (Å²) >= 11 is 0. The third kappa shape index (κ3) is 6.17. The molecule has 1 fully saturated rings. The molecular formula is C22H19F6NO4. The first-order valence-corrected chi connectivity index (χ1v) is 9.88. The first kappa shape index (κ1) is 24.4. The number of hydrogen-bond donors (Lipinski definition) is 0. The smallest absolute Gasteiger partial charge is 0.429 e. The molecule has 33 heavy (non-hydrogen) atoms. The molecule has 1 aliphatic rings. The fourth-order valence-corrected chi connectivity index (χ4v) is 3.40. The molecule has 1 unspecified atom stereocenters. The second kappa shape index (κ2) is 9.72. The predicted octanol–water partition coefficient (Wildman–Crippen LogP) is 5.65. The van der Waals surface area contributed by atoms with Gasteiger partial charge >= 0.3 is 24.4 Å². The Hall–Kier alpha value is -3.24. The number of carbonyl (C=O) groups excluding carboxylic acids is 2. The van der Waals surface area contributed by atoms with Crippen molar-refractivity contribution in [1.29, 1.82) is 0 Å². The maximum atomic E-state index is 13.5. The molecule has 1 heterocycles. The summed E-state index contributed by atoms with van der Waals surface area (Å²) < 4.78 is 88.6. The van der Waals surface area contributed by atoms with Gasteiger partial charge in [-0.05, 0) is 30.5 Å². The van der Waals surface area contributed by atoms with E-state index in [1.165, 1.54) is 0 Å². The fraction of sp³-hybridized carbons (Fsp3) is 0.364. The number of amides is 1. The van der Waals surface area contributed by atoms with Crippen LogP contribution >= 0.6 is 0 Å². The number of esters is 1. The lowest BCUT2D eigenvalue weighted by Crippen LogP contribution is -2.43. The predicted molar refractivity (Wildman–Crippen MR) is 103 cm³/mol. The number of likely N-dealkylation sites (tertiary alicyclic amines) is 1. The highest BCUT2D eigenvalue weighted by Gasteiger charge is 2.47. The molecule has 0 bridgehead atoms. The van der Waals surface area contributed by atoms with E-state index in [2.05, 4.69) is 4.74 Å². The van der Waals surface area contributed by atoms with E-state index in [0.717, 1.165) is 4.90 Å². The molecule has 5 nitrogen and oxygen atoms in total. The molecule has 2 atom stereocenters. The van der Waals surface area contributed by atoms with Crippen LogP contribution in [0.25, 0.3) is 0 Å². The van der Waals surface area contributed by atoms with Gasteiger partial charge in [0.2, 0.25) is 6.10 Å². The number of ether oxygens (including phenoxy) is 2. The zero-order chi connectivity index (χ0) is 24.2. The van der Waals surface area contributed by atoms with Crippen LogP contribution in [0.4, 0.5) is 31.1 Å². The van der Waals surface area contributed by atoms with Gasteiger partial charge in [-0.3, -0.25) is 4.90 Å². The van der Waals surface area contributed by atoms with Crippen LogP contribution < -0.4 is 0 Å². The van der Waals surface area contributed by atoms with Crippen molar-refractivity contribution in [2.75, 3.05) is 6.54 Å². The molecule has 0 aliphatic carbocycles. The number of nitrogens with zero attached hydrogens (tertiary/aromatic N) is 1. The summed E-state index contributed by atoms with van der Waals surface area (Å²) in [6.07, 6.45) is -13.1. The molecule has 3 rings (SSSR count). The largest absolute Gasteiger partial charge is 0.446 e. The van der Waals surface area contributed by atoms with Crippen molar-refractivity contribution in [2.45, 2.75) is 43.9 Å². The Morgan fingerprint density at radius 2 is 1.61 bits per heavy atom. The third-order valence-electron chi connectivity index (χ3n) is 5.04. The first-order valence-electron chi connectivity index (χ1n) is 9.88. The summed E-state index contributed by atoms with van der Waals surface area (Å²) in [6, 6.07) is 9.52. The molecule has 0 aromatic heterocycles.